The summed E-state index contributed by atoms with van der Waals surface area (Å²) in [6, 6.07) is 3.20. The van der Waals surface area contributed by atoms with Gasteiger partial charge in [0.15, 0.2) is 0 Å². The second-order valence-corrected chi connectivity index (χ2v) is 5.27. The van der Waals surface area contributed by atoms with Crippen molar-refractivity contribution in [1.29, 1.82) is 0 Å². The largest absolute Gasteiger partial charge is 0.481 e. The van der Waals surface area contributed by atoms with E-state index in [0.717, 1.165) is 12.0 Å². The Balaban J connectivity index is 2.11. The number of hydrogen-bond donors (Lipinski definition) is 1. The van der Waals surface area contributed by atoms with Crippen molar-refractivity contribution in [3.8, 4) is 0 Å². The summed E-state index contributed by atoms with van der Waals surface area (Å²) in [7, 11) is 0. The van der Waals surface area contributed by atoms with E-state index in [1.807, 2.05) is 24.0 Å². The Kier molecular flexibility index (Phi) is 5.27. The minimum atomic E-state index is -0.942. The standard InChI is InChI=1S/C15H21N3O3/c1-2-6-17-7-8-18(11-12-4-3-5-16-10-12)13(15(17)21)9-14(19)20/h3-5,10,13H,2,6-9,11H2,1H3,(H,19,20). The highest BCUT2D eigenvalue weighted by Gasteiger charge is 2.35. The Morgan fingerprint density at radius 3 is 2.90 bits per heavy atom. The highest BCUT2D eigenvalue weighted by Crippen LogP contribution is 2.18. The lowest BCUT2D eigenvalue weighted by Gasteiger charge is -2.40. The maximum Gasteiger partial charge on any atom is 0.305 e. The number of rotatable bonds is 6. The number of carboxylic acids is 1. The van der Waals surface area contributed by atoms with Gasteiger partial charge in [-0.2, -0.15) is 0 Å². The van der Waals surface area contributed by atoms with Gasteiger partial charge in [-0.3, -0.25) is 19.5 Å². The molecule has 0 radical (unpaired) electrons. The quantitative estimate of drug-likeness (QED) is 0.845. The summed E-state index contributed by atoms with van der Waals surface area (Å²) >= 11 is 0. The number of aliphatic carboxylic acids is 1. The van der Waals surface area contributed by atoms with Crippen molar-refractivity contribution in [2.24, 2.45) is 0 Å². The fourth-order valence-corrected chi connectivity index (χ4v) is 2.67. The molecule has 1 fully saturated rings. The van der Waals surface area contributed by atoms with Gasteiger partial charge in [0, 0.05) is 38.6 Å². The predicted octanol–water partition coefficient (Wildman–Crippen LogP) is 0.979. The number of nitrogens with zero attached hydrogens (tertiary/aromatic N) is 3. The highest BCUT2D eigenvalue weighted by molar-refractivity contribution is 5.86. The molecule has 1 saturated heterocycles. The zero-order valence-corrected chi connectivity index (χ0v) is 12.2. The predicted molar refractivity (Wildman–Crippen MR) is 77.6 cm³/mol. The number of aromatic nitrogens is 1. The van der Waals surface area contributed by atoms with E-state index in [-0.39, 0.29) is 12.3 Å². The molecule has 1 aromatic rings. The molecular formula is C15H21N3O3. The van der Waals surface area contributed by atoms with Crippen LogP contribution in [0.5, 0.6) is 0 Å². The number of hydrogen-bond acceptors (Lipinski definition) is 4. The molecule has 0 saturated carbocycles. The molecule has 1 amide bonds. The van der Waals surface area contributed by atoms with E-state index in [9.17, 15) is 9.59 Å². The zero-order valence-electron chi connectivity index (χ0n) is 12.2. The Hall–Kier alpha value is -1.95. The van der Waals surface area contributed by atoms with Crippen molar-refractivity contribution >= 4 is 11.9 Å². The Labute approximate surface area is 124 Å². The average molecular weight is 291 g/mol. The van der Waals surface area contributed by atoms with E-state index in [4.69, 9.17) is 5.11 Å². The third-order valence-electron chi connectivity index (χ3n) is 3.66. The Morgan fingerprint density at radius 2 is 2.29 bits per heavy atom. The summed E-state index contributed by atoms with van der Waals surface area (Å²) < 4.78 is 0. The van der Waals surface area contributed by atoms with Gasteiger partial charge in [-0.1, -0.05) is 13.0 Å². The average Bonchev–Trinajstić information content (AvgIpc) is 2.47. The fraction of sp³-hybridized carbons (Fsp3) is 0.533. The summed E-state index contributed by atoms with van der Waals surface area (Å²) in [6.45, 7) is 4.61. The molecule has 1 aliphatic rings. The zero-order chi connectivity index (χ0) is 15.2. The third-order valence-corrected chi connectivity index (χ3v) is 3.66. The van der Waals surface area contributed by atoms with E-state index in [1.54, 1.807) is 17.3 Å². The van der Waals surface area contributed by atoms with Crippen molar-refractivity contribution in [2.45, 2.75) is 32.4 Å². The van der Waals surface area contributed by atoms with Crippen LogP contribution in [-0.4, -0.2) is 57.4 Å². The molecule has 0 aromatic carbocycles. The van der Waals surface area contributed by atoms with Gasteiger partial charge in [0.05, 0.1) is 6.42 Å². The van der Waals surface area contributed by atoms with E-state index in [0.29, 0.717) is 26.2 Å². The molecule has 1 atom stereocenters. The topological polar surface area (TPSA) is 73.7 Å². The summed E-state index contributed by atoms with van der Waals surface area (Å²) in [5.74, 6) is -1.02. The lowest BCUT2D eigenvalue weighted by atomic mass is 10.1. The number of carbonyl (C=O) groups is 2. The number of carboxylic acid groups (broad SMARTS) is 1. The van der Waals surface area contributed by atoms with Gasteiger partial charge in [0.2, 0.25) is 5.91 Å². The SMILES string of the molecule is CCCN1CCN(Cc2cccnc2)C(CC(=O)O)C1=O. The first-order valence-electron chi connectivity index (χ1n) is 7.25. The molecule has 114 valence electrons. The van der Waals surface area contributed by atoms with Gasteiger partial charge >= 0.3 is 5.97 Å². The molecule has 1 N–H and O–H groups in total. The Bertz CT molecular complexity index is 492. The third kappa shape index (κ3) is 4.01. The van der Waals surface area contributed by atoms with Gasteiger partial charge < -0.3 is 10.0 Å². The molecule has 6 nitrogen and oxygen atoms in total. The first-order valence-corrected chi connectivity index (χ1v) is 7.25. The molecule has 0 bridgehead atoms. The molecule has 2 heterocycles. The van der Waals surface area contributed by atoms with Crippen molar-refractivity contribution in [3.05, 3.63) is 30.1 Å². The maximum absolute atomic E-state index is 12.5. The second kappa shape index (κ2) is 7.17. The lowest BCUT2D eigenvalue weighted by Crippen LogP contribution is -2.57. The van der Waals surface area contributed by atoms with Crippen LogP contribution in [0.1, 0.15) is 25.3 Å². The molecule has 1 aromatic heterocycles. The monoisotopic (exact) mass is 291 g/mol. The van der Waals surface area contributed by atoms with Gasteiger partial charge in [-0.05, 0) is 18.1 Å². The van der Waals surface area contributed by atoms with Crippen LogP contribution in [0.15, 0.2) is 24.5 Å². The molecule has 21 heavy (non-hydrogen) atoms. The van der Waals surface area contributed by atoms with Gasteiger partial charge in [0.1, 0.15) is 6.04 Å². The molecule has 2 rings (SSSR count). The van der Waals surface area contributed by atoms with Crippen molar-refractivity contribution in [3.63, 3.8) is 0 Å². The van der Waals surface area contributed by atoms with Crippen LogP contribution in [-0.2, 0) is 16.1 Å². The van der Waals surface area contributed by atoms with Crippen LogP contribution in [0.4, 0.5) is 0 Å². The smallest absolute Gasteiger partial charge is 0.305 e. The van der Waals surface area contributed by atoms with Crippen LogP contribution >= 0.6 is 0 Å². The Morgan fingerprint density at radius 1 is 1.48 bits per heavy atom. The lowest BCUT2D eigenvalue weighted by molar-refractivity contribution is -0.149. The molecule has 0 aliphatic carbocycles. The molecular weight excluding hydrogens is 270 g/mol. The van der Waals surface area contributed by atoms with Crippen molar-refractivity contribution in [2.75, 3.05) is 19.6 Å². The molecule has 1 aliphatic heterocycles. The summed E-state index contributed by atoms with van der Waals surface area (Å²) in [5.41, 5.74) is 0.990. The van der Waals surface area contributed by atoms with Crippen LogP contribution in [0, 0.1) is 0 Å². The second-order valence-electron chi connectivity index (χ2n) is 5.27. The van der Waals surface area contributed by atoms with Crippen molar-refractivity contribution < 1.29 is 14.7 Å². The minimum absolute atomic E-state index is 0.0746. The summed E-state index contributed by atoms with van der Waals surface area (Å²) in [4.78, 5) is 31.3. The summed E-state index contributed by atoms with van der Waals surface area (Å²) in [5, 5.41) is 9.07. The maximum atomic E-state index is 12.5. The van der Waals surface area contributed by atoms with E-state index >= 15 is 0 Å². The fourth-order valence-electron chi connectivity index (χ4n) is 2.67. The van der Waals surface area contributed by atoms with E-state index < -0.39 is 12.0 Å². The number of pyridine rings is 1. The molecule has 0 spiro atoms. The van der Waals surface area contributed by atoms with Crippen LogP contribution in [0.3, 0.4) is 0 Å². The van der Waals surface area contributed by atoms with Gasteiger partial charge in [-0.25, -0.2) is 0 Å². The van der Waals surface area contributed by atoms with Crippen LogP contribution in [0.25, 0.3) is 0 Å². The number of amides is 1. The van der Waals surface area contributed by atoms with Gasteiger partial charge in [0.25, 0.3) is 0 Å². The van der Waals surface area contributed by atoms with Crippen LogP contribution < -0.4 is 0 Å². The minimum Gasteiger partial charge on any atom is -0.481 e. The first kappa shape index (κ1) is 15.4. The van der Waals surface area contributed by atoms with Gasteiger partial charge in [-0.15, -0.1) is 0 Å². The first-order chi connectivity index (χ1) is 10.1. The normalized spacial score (nSPS) is 19.8. The number of piperazine rings is 1. The van der Waals surface area contributed by atoms with Crippen molar-refractivity contribution in [1.82, 2.24) is 14.8 Å². The highest BCUT2D eigenvalue weighted by atomic mass is 16.4. The van der Waals surface area contributed by atoms with Crippen LogP contribution in [0.2, 0.25) is 0 Å². The van der Waals surface area contributed by atoms with E-state index in [1.165, 1.54) is 0 Å². The number of carbonyl (C=O) groups excluding carboxylic acids is 1. The molecule has 1 unspecified atom stereocenters. The summed E-state index contributed by atoms with van der Waals surface area (Å²) in [6.07, 6.45) is 4.18. The van der Waals surface area contributed by atoms with E-state index in [2.05, 4.69) is 4.98 Å². The molecule has 6 heteroatoms.